The Balaban J connectivity index is 1.78. The molecule has 3 unspecified atom stereocenters. The van der Waals surface area contributed by atoms with Crippen LogP contribution in [0.2, 0.25) is 0 Å². The first-order chi connectivity index (χ1) is 11.2. The Hall–Kier alpha value is -2.46. The van der Waals surface area contributed by atoms with Crippen LogP contribution >= 0.6 is 0 Å². The highest BCUT2D eigenvalue weighted by Crippen LogP contribution is 2.47. The van der Waals surface area contributed by atoms with Crippen molar-refractivity contribution in [2.24, 2.45) is 11.0 Å². The van der Waals surface area contributed by atoms with Crippen LogP contribution in [-0.4, -0.2) is 16.7 Å². The van der Waals surface area contributed by atoms with Crippen molar-refractivity contribution < 1.29 is 9.90 Å². The highest BCUT2D eigenvalue weighted by atomic mass is 16.3. The minimum Gasteiger partial charge on any atom is -0.385 e. The van der Waals surface area contributed by atoms with Crippen molar-refractivity contribution >= 4 is 11.6 Å². The lowest BCUT2D eigenvalue weighted by molar-refractivity contribution is -0.123. The van der Waals surface area contributed by atoms with E-state index in [0.717, 1.165) is 16.8 Å². The number of hydrazone groups is 1. The predicted octanol–water partition coefficient (Wildman–Crippen LogP) is 2.55. The molecule has 1 heterocycles. The van der Waals surface area contributed by atoms with Crippen molar-refractivity contribution in [3.8, 4) is 0 Å². The number of hydrogen-bond donors (Lipinski definition) is 2. The molecular formula is C19H18N2O2. The van der Waals surface area contributed by atoms with Gasteiger partial charge in [0.2, 0.25) is 5.91 Å². The van der Waals surface area contributed by atoms with Crippen molar-refractivity contribution in [3.05, 3.63) is 71.8 Å². The number of carbonyl (C=O) groups is 1. The maximum atomic E-state index is 12.2. The van der Waals surface area contributed by atoms with E-state index in [-0.39, 0.29) is 17.7 Å². The zero-order valence-corrected chi connectivity index (χ0v) is 12.6. The van der Waals surface area contributed by atoms with Crippen LogP contribution in [-0.2, 0) is 10.4 Å². The van der Waals surface area contributed by atoms with Gasteiger partial charge in [-0.15, -0.1) is 0 Å². The zero-order chi connectivity index (χ0) is 15.9. The molecule has 23 heavy (non-hydrogen) atoms. The van der Waals surface area contributed by atoms with Crippen LogP contribution < -0.4 is 5.43 Å². The second-order valence-electron chi connectivity index (χ2n) is 6.35. The molecule has 0 spiro atoms. The van der Waals surface area contributed by atoms with Crippen molar-refractivity contribution in [3.63, 3.8) is 0 Å². The smallest absolute Gasteiger partial charge is 0.249 e. The molecule has 2 aliphatic rings. The maximum Gasteiger partial charge on any atom is 0.249 e. The molecule has 0 aromatic heterocycles. The lowest BCUT2D eigenvalue weighted by Crippen LogP contribution is -2.43. The van der Waals surface area contributed by atoms with E-state index >= 15 is 0 Å². The number of rotatable bonds is 2. The van der Waals surface area contributed by atoms with Crippen molar-refractivity contribution in [1.82, 2.24) is 5.43 Å². The molecule has 3 atom stereocenters. The Morgan fingerprint density at radius 1 is 1.04 bits per heavy atom. The number of fused-ring (bicyclic) bond motifs is 1. The Morgan fingerprint density at radius 3 is 2.39 bits per heavy atom. The number of hydrogen-bond acceptors (Lipinski definition) is 3. The van der Waals surface area contributed by atoms with Gasteiger partial charge < -0.3 is 5.11 Å². The van der Waals surface area contributed by atoms with E-state index in [1.807, 2.05) is 60.7 Å². The summed E-state index contributed by atoms with van der Waals surface area (Å²) in [6.45, 7) is 0. The van der Waals surface area contributed by atoms with Gasteiger partial charge in [-0.3, -0.25) is 4.79 Å². The maximum absolute atomic E-state index is 12.2. The lowest BCUT2D eigenvalue weighted by Gasteiger charge is -2.40. The van der Waals surface area contributed by atoms with Crippen LogP contribution in [0, 0.1) is 5.92 Å². The summed E-state index contributed by atoms with van der Waals surface area (Å²) in [5, 5.41) is 15.5. The van der Waals surface area contributed by atoms with Gasteiger partial charge in [0.25, 0.3) is 0 Å². The van der Waals surface area contributed by atoms with Crippen LogP contribution in [0.3, 0.4) is 0 Å². The van der Waals surface area contributed by atoms with Crippen LogP contribution in [0.15, 0.2) is 65.8 Å². The van der Waals surface area contributed by atoms with Crippen LogP contribution in [0.1, 0.15) is 29.9 Å². The first kappa shape index (κ1) is 14.2. The molecule has 1 aliphatic carbocycles. The van der Waals surface area contributed by atoms with E-state index in [4.69, 9.17) is 0 Å². The SMILES string of the molecule is O=C1NN=C2CC(O)(c3ccccc3)CC(c3ccccc3)C12. The number of benzene rings is 2. The van der Waals surface area contributed by atoms with Gasteiger partial charge in [-0.25, -0.2) is 5.43 Å². The first-order valence-electron chi connectivity index (χ1n) is 7.86. The van der Waals surface area contributed by atoms with Crippen molar-refractivity contribution in [2.75, 3.05) is 0 Å². The Kier molecular flexibility index (Phi) is 3.27. The fourth-order valence-corrected chi connectivity index (χ4v) is 3.81. The monoisotopic (exact) mass is 306 g/mol. The summed E-state index contributed by atoms with van der Waals surface area (Å²) < 4.78 is 0. The molecule has 0 saturated heterocycles. The van der Waals surface area contributed by atoms with Crippen molar-refractivity contribution in [2.45, 2.75) is 24.4 Å². The summed E-state index contributed by atoms with van der Waals surface area (Å²) >= 11 is 0. The minimum absolute atomic E-state index is 0.0658. The normalized spacial score (nSPS) is 29.6. The van der Waals surface area contributed by atoms with Crippen LogP contribution in [0.25, 0.3) is 0 Å². The molecule has 1 amide bonds. The van der Waals surface area contributed by atoms with Gasteiger partial charge in [0.1, 0.15) is 0 Å². The first-order valence-corrected chi connectivity index (χ1v) is 7.86. The fraction of sp³-hybridized carbons (Fsp3) is 0.263. The molecule has 4 nitrogen and oxygen atoms in total. The Labute approximate surface area is 134 Å². The summed E-state index contributed by atoms with van der Waals surface area (Å²) in [6.07, 6.45) is 0.905. The molecule has 116 valence electrons. The zero-order valence-electron chi connectivity index (χ0n) is 12.6. The third kappa shape index (κ3) is 2.35. The van der Waals surface area contributed by atoms with E-state index in [0.29, 0.717) is 12.8 Å². The van der Waals surface area contributed by atoms with Gasteiger partial charge in [0.05, 0.1) is 17.2 Å². The summed E-state index contributed by atoms with van der Waals surface area (Å²) in [4.78, 5) is 12.2. The Bertz CT molecular complexity index is 757. The van der Waals surface area contributed by atoms with Gasteiger partial charge in [-0.1, -0.05) is 60.7 Å². The number of amides is 1. The van der Waals surface area contributed by atoms with E-state index < -0.39 is 5.60 Å². The summed E-state index contributed by atoms with van der Waals surface area (Å²) in [5.41, 5.74) is 4.29. The molecule has 4 heteroatoms. The van der Waals surface area contributed by atoms with Crippen molar-refractivity contribution in [1.29, 1.82) is 0 Å². The number of carbonyl (C=O) groups excluding carboxylic acids is 1. The highest BCUT2D eigenvalue weighted by Gasteiger charge is 2.49. The molecule has 4 rings (SSSR count). The third-order valence-electron chi connectivity index (χ3n) is 4.92. The average Bonchev–Trinajstić information content (AvgIpc) is 2.96. The second-order valence-corrected chi connectivity index (χ2v) is 6.35. The highest BCUT2D eigenvalue weighted by molar-refractivity contribution is 6.09. The van der Waals surface area contributed by atoms with E-state index in [1.54, 1.807) is 0 Å². The predicted molar refractivity (Wildman–Crippen MR) is 87.8 cm³/mol. The molecule has 0 radical (unpaired) electrons. The van der Waals surface area contributed by atoms with Crippen LogP contribution in [0.4, 0.5) is 0 Å². The van der Waals surface area contributed by atoms with Crippen LogP contribution in [0.5, 0.6) is 0 Å². The third-order valence-corrected chi connectivity index (χ3v) is 4.92. The largest absolute Gasteiger partial charge is 0.385 e. The average molecular weight is 306 g/mol. The number of aliphatic hydroxyl groups is 1. The second kappa shape index (κ2) is 5.32. The van der Waals surface area contributed by atoms with Gasteiger partial charge in [-0.05, 0) is 17.5 Å². The number of nitrogens with one attached hydrogen (secondary N) is 1. The standard InChI is InChI=1S/C19H18N2O2/c22-18-17-15(13-7-3-1-4-8-13)11-19(23,12-16(17)20-21-18)14-9-5-2-6-10-14/h1-10,15,17,23H,11-12H2,(H,21,22). The fourth-order valence-electron chi connectivity index (χ4n) is 3.81. The quantitative estimate of drug-likeness (QED) is 0.895. The van der Waals surface area contributed by atoms with Gasteiger partial charge in [0.15, 0.2) is 0 Å². The molecule has 0 bridgehead atoms. The minimum atomic E-state index is -0.997. The molecule has 1 saturated carbocycles. The Morgan fingerprint density at radius 2 is 1.70 bits per heavy atom. The van der Waals surface area contributed by atoms with E-state index in [1.165, 1.54) is 0 Å². The molecule has 2 aromatic rings. The molecular weight excluding hydrogens is 288 g/mol. The topological polar surface area (TPSA) is 61.7 Å². The summed E-state index contributed by atoms with van der Waals surface area (Å²) in [6, 6.07) is 19.6. The van der Waals surface area contributed by atoms with Gasteiger partial charge >= 0.3 is 0 Å². The molecule has 1 fully saturated rings. The van der Waals surface area contributed by atoms with Gasteiger partial charge in [-0.2, -0.15) is 5.10 Å². The van der Waals surface area contributed by atoms with Gasteiger partial charge in [0, 0.05) is 12.3 Å². The number of nitrogens with zero attached hydrogens (tertiary/aromatic N) is 1. The molecule has 2 N–H and O–H groups in total. The molecule has 2 aromatic carbocycles. The summed E-state index contributed by atoms with van der Waals surface area (Å²) in [5.74, 6) is -0.415. The van der Waals surface area contributed by atoms with E-state index in [9.17, 15) is 9.90 Å². The lowest BCUT2D eigenvalue weighted by atomic mass is 9.66. The van der Waals surface area contributed by atoms with E-state index in [2.05, 4.69) is 10.5 Å². The molecule has 1 aliphatic heterocycles. The summed E-state index contributed by atoms with van der Waals surface area (Å²) in [7, 11) is 0.